The van der Waals surface area contributed by atoms with Crippen LogP contribution in [0.3, 0.4) is 0 Å². The molecule has 0 unspecified atom stereocenters. The summed E-state index contributed by atoms with van der Waals surface area (Å²) in [7, 11) is 0. The normalized spacial score (nSPS) is 11.7. The molecule has 0 saturated carbocycles. The number of nitrogens with zero attached hydrogens (tertiary/aromatic N) is 1. The van der Waals surface area contributed by atoms with E-state index in [1.807, 2.05) is 0 Å². The van der Waals surface area contributed by atoms with E-state index in [0.717, 1.165) is 11.0 Å². The maximum Gasteiger partial charge on any atom is 0.416 e. The van der Waals surface area contributed by atoms with Crippen molar-refractivity contribution in [2.75, 3.05) is 0 Å². The zero-order valence-corrected chi connectivity index (χ0v) is 12.5. The molecule has 21 heavy (non-hydrogen) atoms. The minimum absolute atomic E-state index is 0.265. The average molecular weight is 334 g/mol. The van der Waals surface area contributed by atoms with E-state index in [0.29, 0.717) is 22.3 Å². The molecule has 0 atom stereocenters. The molecule has 2 aromatic rings. The summed E-state index contributed by atoms with van der Waals surface area (Å²) < 4.78 is 38.0. The fourth-order valence-electron chi connectivity index (χ4n) is 1.72. The zero-order chi connectivity index (χ0) is 15.6. The Bertz CT molecular complexity index is 661. The van der Waals surface area contributed by atoms with E-state index >= 15 is 0 Å². The molecule has 7 heteroatoms. The summed E-state index contributed by atoms with van der Waals surface area (Å²) in [5, 5.41) is 9.89. The topological polar surface area (TPSA) is 33.1 Å². The SMILES string of the molecule is Cc1nccc(SCc2cc(O)cc(C(F)(F)F)c2)c1Cl. The summed E-state index contributed by atoms with van der Waals surface area (Å²) >= 11 is 7.37. The molecule has 0 aliphatic carbocycles. The molecule has 0 amide bonds. The summed E-state index contributed by atoms with van der Waals surface area (Å²) in [4.78, 5) is 4.76. The van der Waals surface area contributed by atoms with Crippen LogP contribution in [0.15, 0.2) is 35.4 Å². The van der Waals surface area contributed by atoms with Gasteiger partial charge in [0.05, 0.1) is 16.3 Å². The Labute approximate surface area is 129 Å². The molecule has 1 N–H and O–H groups in total. The molecular formula is C14H11ClF3NOS. The lowest BCUT2D eigenvalue weighted by Gasteiger charge is -2.10. The Hall–Kier alpha value is -1.40. The number of pyridine rings is 1. The zero-order valence-electron chi connectivity index (χ0n) is 10.9. The van der Waals surface area contributed by atoms with E-state index in [-0.39, 0.29) is 5.75 Å². The van der Waals surface area contributed by atoms with Crippen molar-refractivity contribution in [2.45, 2.75) is 23.7 Å². The Morgan fingerprint density at radius 3 is 2.67 bits per heavy atom. The van der Waals surface area contributed by atoms with Crippen LogP contribution in [0, 0.1) is 6.92 Å². The third-order valence-corrected chi connectivity index (χ3v) is 4.45. The number of aromatic hydroxyl groups is 1. The highest BCUT2D eigenvalue weighted by molar-refractivity contribution is 7.98. The Morgan fingerprint density at radius 1 is 1.29 bits per heavy atom. The molecule has 1 aromatic heterocycles. The number of benzene rings is 1. The number of halogens is 4. The minimum atomic E-state index is -4.48. The molecule has 0 aliphatic rings. The van der Waals surface area contributed by atoms with Crippen LogP contribution in [0.2, 0.25) is 5.02 Å². The second-order valence-electron chi connectivity index (χ2n) is 4.38. The van der Waals surface area contributed by atoms with Gasteiger partial charge in [-0.1, -0.05) is 11.6 Å². The fraction of sp³-hybridized carbons (Fsp3) is 0.214. The number of aromatic nitrogens is 1. The highest BCUT2D eigenvalue weighted by atomic mass is 35.5. The first-order valence-corrected chi connectivity index (χ1v) is 7.28. The van der Waals surface area contributed by atoms with E-state index in [1.165, 1.54) is 17.8 Å². The lowest BCUT2D eigenvalue weighted by atomic mass is 10.1. The van der Waals surface area contributed by atoms with Crippen LogP contribution in [-0.4, -0.2) is 10.1 Å². The molecule has 1 heterocycles. The number of alkyl halides is 3. The van der Waals surface area contributed by atoms with Gasteiger partial charge in [-0.2, -0.15) is 13.2 Å². The fourth-order valence-corrected chi connectivity index (χ4v) is 2.91. The van der Waals surface area contributed by atoms with Crippen molar-refractivity contribution in [1.29, 1.82) is 0 Å². The summed E-state index contributed by atoms with van der Waals surface area (Å²) in [5.74, 6) is -0.141. The Kier molecular flexibility index (Phi) is 4.68. The summed E-state index contributed by atoms with van der Waals surface area (Å²) in [6, 6.07) is 4.74. The Balaban J connectivity index is 2.21. The first-order chi connectivity index (χ1) is 9.77. The van der Waals surface area contributed by atoms with Crippen molar-refractivity contribution in [3.63, 3.8) is 0 Å². The first-order valence-electron chi connectivity index (χ1n) is 5.91. The summed E-state index contributed by atoms with van der Waals surface area (Å²) in [5.41, 5.74) is 0.168. The van der Waals surface area contributed by atoms with Gasteiger partial charge in [0, 0.05) is 16.8 Å². The van der Waals surface area contributed by atoms with Crippen molar-refractivity contribution >= 4 is 23.4 Å². The average Bonchev–Trinajstić information content (AvgIpc) is 2.39. The minimum Gasteiger partial charge on any atom is -0.508 e. The van der Waals surface area contributed by atoms with Gasteiger partial charge in [-0.15, -0.1) is 11.8 Å². The number of rotatable bonds is 3. The number of aryl methyl sites for hydroxylation is 1. The smallest absolute Gasteiger partial charge is 0.416 e. The van der Waals surface area contributed by atoms with Gasteiger partial charge in [0.15, 0.2) is 0 Å². The van der Waals surface area contributed by atoms with E-state index in [4.69, 9.17) is 11.6 Å². The summed E-state index contributed by atoms with van der Waals surface area (Å²) in [6.45, 7) is 1.75. The maximum atomic E-state index is 12.7. The van der Waals surface area contributed by atoms with Gasteiger partial charge in [0.2, 0.25) is 0 Å². The van der Waals surface area contributed by atoms with Crippen molar-refractivity contribution in [1.82, 2.24) is 4.98 Å². The third-order valence-electron chi connectivity index (χ3n) is 2.73. The van der Waals surface area contributed by atoms with Crippen LogP contribution < -0.4 is 0 Å². The van der Waals surface area contributed by atoms with E-state index in [1.54, 1.807) is 19.2 Å². The first kappa shape index (κ1) is 16.0. The summed E-state index contributed by atoms with van der Waals surface area (Å²) in [6.07, 6.45) is -2.89. The third kappa shape index (κ3) is 4.04. The molecule has 2 rings (SSSR count). The Morgan fingerprint density at radius 2 is 2.00 bits per heavy atom. The van der Waals surface area contributed by atoms with E-state index in [2.05, 4.69) is 4.98 Å². The van der Waals surface area contributed by atoms with Gasteiger partial charge in [-0.05, 0) is 36.8 Å². The standard InChI is InChI=1S/C14H11ClF3NOS/c1-8-13(15)12(2-3-19-8)21-7-9-4-10(14(16,17)18)6-11(20)5-9/h2-6,20H,7H2,1H3. The molecule has 112 valence electrons. The molecule has 0 bridgehead atoms. The largest absolute Gasteiger partial charge is 0.508 e. The number of phenolic OH excluding ortho intramolecular Hbond substituents is 1. The van der Waals surface area contributed by atoms with Crippen LogP contribution >= 0.6 is 23.4 Å². The van der Waals surface area contributed by atoms with Crippen LogP contribution in [0.5, 0.6) is 5.75 Å². The lowest BCUT2D eigenvalue weighted by Crippen LogP contribution is -2.05. The van der Waals surface area contributed by atoms with Gasteiger partial charge >= 0.3 is 6.18 Å². The second-order valence-corrected chi connectivity index (χ2v) is 5.78. The van der Waals surface area contributed by atoms with E-state index in [9.17, 15) is 18.3 Å². The quantitative estimate of drug-likeness (QED) is 0.797. The predicted octanol–water partition coefficient (Wildman–Crippen LogP) is 5.06. The molecule has 0 spiro atoms. The highest BCUT2D eigenvalue weighted by Gasteiger charge is 2.31. The number of thioether (sulfide) groups is 1. The van der Waals surface area contributed by atoms with Gasteiger partial charge in [0.1, 0.15) is 5.75 Å². The van der Waals surface area contributed by atoms with Crippen molar-refractivity contribution in [3.05, 3.63) is 52.3 Å². The molecule has 0 radical (unpaired) electrons. The van der Waals surface area contributed by atoms with Crippen LogP contribution in [0.4, 0.5) is 13.2 Å². The number of phenols is 1. The van der Waals surface area contributed by atoms with Crippen molar-refractivity contribution in [2.24, 2.45) is 0 Å². The number of hydrogen-bond donors (Lipinski definition) is 1. The van der Waals surface area contributed by atoms with Gasteiger partial charge < -0.3 is 5.11 Å². The number of hydrogen-bond acceptors (Lipinski definition) is 3. The monoisotopic (exact) mass is 333 g/mol. The highest BCUT2D eigenvalue weighted by Crippen LogP contribution is 2.35. The molecule has 0 fully saturated rings. The molecular weight excluding hydrogens is 323 g/mol. The van der Waals surface area contributed by atoms with Crippen molar-refractivity contribution in [3.8, 4) is 5.75 Å². The van der Waals surface area contributed by atoms with E-state index < -0.39 is 17.5 Å². The lowest BCUT2D eigenvalue weighted by molar-refractivity contribution is -0.137. The molecule has 0 aliphatic heterocycles. The molecule has 2 nitrogen and oxygen atoms in total. The van der Waals surface area contributed by atoms with Crippen LogP contribution in [0.25, 0.3) is 0 Å². The second kappa shape index (κ2) is 6.15. The van der Waals surface area contributed by atoms with Crippen molar-refractivity contribution < 1.29 is 18.3 Å². The maximum absolute atomic E-state index is 12.7. The van der Waals surface area contributed by atoms with Gasteiger partial charge in [0.25, 0.3) is 0 Å². The molecule has 1 aromatic carbocycles. The molecule has 0 saturated heterocycles. The predicted molar refractivity (Wildman–Crippen MR) is 76.7 cm³/mol. The van der Waals surface area contributed by atoms with Gasteiger partial charge in [-0.25, -0.2) is 0 Å². The van der Waals surface area contributed by atoms with Gasteiger partial charge in [-0.3, -0.25) is 4.98 Å². The van der Waals surface area contributed by atoms with Crippen LogP contribution in [0.1, 0.15) is 16.8 Å². The van der Waals surface area contributed by atoms with Crippen LogP contribution in [-0.2, 0) is 11.9 Å².